The third-order valence-electron chi connectivity index (χ3n) is 4.84. The predicted molar refractivity (Wildman–Crippen MR) is 117 cm³/mol. The fourth-order valence-electron chi connectivity index (χ4n) is 3.36. The number of nitrogens with two attached hydrogens (primary N) is 1. The second-order valence-corrected chi connectivity index (χ2v) is 7.20. The van der Waals surface area contributed by atoms with Crippen LogP contribution in [-0.2, 0) is 11.2 Å². The van der Waals surface area contributed by atoms with Crippen LogP contribution < -0.4 is 17.7 Å². The normalized spacial score (nSPS) is 12.1. The van der Waals surface area contributed by atoms with Crippen LogP contribution in [0, 0.1) is 0 Å². The molecule has 0 fully saturated rings. The summed E-state index contributed by atoms with van der Waals surface area (Å²) in [5, 5.41) is 2.27. The second-order valence-electron chi connectivity index (χ2n) is 7.20. The van der Waals surface area contributed by atoms with Gasteiger partial charge in [0.05, 0.1) is 19.0 Å². The first-order chi connectivity index (χ1) is 13.7. The smallest absolute Gasteiger partial charge is 0.169 e. The number of quaternary nitrogens is 1. The van der Waals surface area contributed by atoms with E-state index in [2.05, 4.69) is 36.5 Å². The van der Waals surface area contributed by atoms with Gasteiger partial charge < -0.3 is 17.7 Å². The molecule has 0 heterocycles. The highest BCUT2D eigenvalue weighted by Crippen LogP contribution is 2.20. The molecule has 0 aliphatic carbocycles. The van der Waals surface area contributed by atoms with E-state index in [1.54, 1.807) is 0 Å². The Labute approximate surface area is 180 Å². The molecule has 0 aliphatic heterocycles. The average Bonchev–Trinajstić information content (AvgIpc) is 2.74. The van der Waals surface area contributed by atoms with Gasteiger partial charge in [-0.3, -0.25) is 4.79 Å². The Balaban J connectivity index is 0.00000300. The van der Waals surface area contributed by atoms with Crippen LogP contribution in [0.15, 0.2) is 91.0 Å². The first-order valence-electron chi connectivity index (χ1n) is 9.95. The summed E-state index contributed by atoms with van der Waals surface area (Å²) >= 11 is 0. The lowest BCUT2D eigenvalue weighted by Gasteiger charge is -2.12. The van der Waals surface area contributed by atoms with Crippen molar-refractivity contribution in [2.75, 3.05) is 6.54 Å². The molecule has 0 amide bonds. The molecule has 0 aromatic heterocycles. The third kappa shape index (κ3) is 7.34. The molecule has 3 rings (SSSR count). The van der Waals surface area contributed by atoms with Crippen molar-refractivity contribution in [2.45, 2.75) is 25.8 Å². The Kier molecular flexibility index (Phi) is 9.36. The zero-order chi connectivity index (χ0) is 19.6. The highest BCUT2D eigenvalue weighted by Gasteiger charge is 2.14. The third-order valence-corrected chi connectivity index (χ3v) is 4.84. The molecule has 1 unspecified atom stereocenters. The number of benzene rings is 3. The van der Waals surface area contributed by atoms with E-state index < -0.39 is 0 Å². The van der Waals surface area contributed by atoms with Gasteiger partial charge in [-0.2, -0.15) is 0 Å². The predicted octanol–water partition coefficient (Wildman–Crippen LogP) is 1.38. The van der Waals surface area contributed by atoms with E-state index in [9.17, 15) is 4.79 Å². The van der Waals surface area contributed by atoms with Gasteiger partial charge in [-0.15, -0.1) is 0 Å². The minimum atomic E-state index is 0. The van der Waals surface area contributed by atoms with E-state index in [1.165, 1.54) is 5.56 Å². The summed E-state index contributed by atoms with van der Waals surface area (Å²) in [6.45, 7) is 3.02. The van der Waals surface area contributed by atoms with Crippen LogP contribution in [0.4, 0.5) is 0 Å². The molecule has 0 saturated carbocycles. The highest BCUT2D eigenvalue weighted by molar-refractivity contribution is 6.25. The summed E-state index contributed by atoms with van der Waals surface area (Å²) in [6.07, 6.45) is 3.55. The van der Waals surface area contributed by atoms with E-state index in [4.69, 9.17) is 0 Å². The van der Waals surface area contributed by atoms with Gasteiger partial charge in [0.25, 0.3) is 0 Å². The second kappa shape index (κ2) is 12.0. The van der Waals surface area contributed by atoms with Crippen molar-refractivity contribution >= 4 is 17.4 Å². The Bertz CT molecular complexity index is 892. The average molecular weight is 406 g/mol. The number of Topliss-reactive ketones (excluding diaryl/α,β-unsaturated/α-hetero) is 1. The molecule has 2 N–H and O–H groups in total. The Morgan fingerprint density at radius 3 is 2.03 bits per heavy atom. The van der Waals surface area contributed by atoms with Crippen molar-refractivity contribution in [2.24, 2.45) is 0 Å². The number of hydrogen-bond donors (Lipinski definition) is 1. The number of rotatable bonds is 9. The van der Waals surface area contributed by atoms with Crippen molar-refractivity contribution < 1.29 is 22.5 Å². The minimum Gasteiger partial charge on any atom is -1.00 e. The van der Waals surface area contributed by atoms with Crippen molar-refractivity contribution in [1.82, 2.24) is 0 Å². The van der Waals surface area contributed by atoms with Crippen molar-refractivity contribution in [3.8, 4) is 0 Å². The Morgan fingerprint density at radius 2 is 1.41 bits per heavy atom. The van der Waals surface area contributed by atoms with Crippen LogP contribution in [0.25, 0.3) is 11.6 Å². The summed E-state index contributed by atoms with van der Waals surface area (Å²) in [4.78, 5) is 13.0. The topological polar surface area (TPSA) is 33.7 Å². The molecule has 3 aromatic carbocycles. The Morgan fingerprint density at radius 1 is 0.862 bits per heavy atom. The highest BCUT2D eigenvalue weighted by atomic mass is 35.5. The molecule has 2 nitrogen and oxygen atoms in total. The summed E-state index contributed by atoms with van der Waals surface area (Å²) in [7, 11) is 0. The van der Waals surface area contributed by atoms with E-state index >= 15 is 0 Å². The van der Waals surface area contributed by atoms with E-state index in [-0.39, 0.29) is 18.2 Å². The van der Waals surface area contributed by atoms with Crippen LogP contribution in [0.3, 0.4) is 0 Å². The molecule has 0 saturated heterocycles. The van der Waals surface area contributed by atoms with E-state index in [0.717, 1.165) is 29.7 Å². The number of carbonyl (C=O) groups excluding carboxylic acids is 1. The minimum absolute atomic E-state index is 0. The fraction of sp³-hybridized carbons (Fsp3) is 0.192. The van der Waals surface area contributed by atoms with Crippen LogP contribution >= 0.6 is 0 Å². The monoisotopic (exact) mass is 405 g/mol. The quantitative estimate of drug-likeness (QED) is 0.423. The van der Waals surface area contributed by atoms with Gasteiger partial charge in [0.15, 0.2) is 5.78 Å². The fourth-order valence-corrected chi connectivity index (χ4v) is 3.36. The molecule has 0 bridgehead atoms. The number of hydrogen-bond acceptors (Lipinski definition) is 1. The first-order valence-corrected chi connectivity index (χ1v) is 9.95. The largest absolute Gasteiger partial charge is 1.00 e. The number of allylic oxidation sites excluding steroid dienone is 1. The van der Waals surface area contributed by atoms with Crippen LogP contribution in [-0.4, -0.2) is 18.4 Å². The molecular weight excluding hydrogens is 378 g/mol. The molecule has 0 aliphatic rings. The summed E-state index contributed by atoms with van der Waals surface area (Å²) in [5.41, 5.74) is 4.16. The van der Waals surface area contributed by atoms with Crippen molar-refractivity contribution in [1.29, 1.82) is 0 Å². The summed E-state index contributed by atoms with van der Waals surface area (Å²) in [6, 6.07) is 31.0. The van der Waals surface area contributed by atoms with Gasteiger partial charge in [0, 0.05) is 12.0 Å². The number of carbonyl (C=O) groups is 1. The molecule has 1 atom stereocenters. The van der Waals surface area contributed by atoms with Gasteiger partial charge in [-0.25, -0.2) is 0 Å². The van der Waals surface area contributed by atoms with Gasteiger partial charge in [0.2, 0.25) is 0 Å². The zero-order valence-electron chi connectivity index (χ0n) is 16.8. The van der Waals surface area contributed by atoms with Gasteiger partial charge in [-0.05, 0) is 29.7 Å². The maximum Gasteiger partial charge on any atom is 0.169 e. The number of ketones is 1. The first kappa shape index (κ1) is 22.6. The van der Waals surface area contributed by atoms with Crippen molar-refractivity contribution in [3.05, 3.63) is 108 Å². The SMILES string of the molecule is CC(Cc1ccccc1)[NH2+]CCC(=O)/C(=C/c1ccccc1)c1ccccc1.[Cl-]. The lowest BCUT2D eigenvalue weighted by Crippen LogP contribution is -3.00. The molecular formula is C26H28ClNO. The zero-order valence-corrected chi connectivity index (χ0v) is 17.6. The molecule has 0 spiro atoms. The maximum absolute atomic E-state index is 13.0. The van der Waals surface area contributed by atoms with Gasteiger partial charge >= 0.3 is 0 Å². The molecule has 29 heavy (non-hydrogen) atoms. The lowest BCUT2D eigenvalue weighted by molar-refractivity contribution is -0.684. The van der Waals surface area contributed by atoms with E-state index in [1.807, 2.05) is 72.8 Å². The van der Waals surface area contributed by atoms with Gasteiger partial charge in [-0.1, -0.05) is 91.0 Å². The molecule has 150 valence electrons. The summed E-state index contributed by atoms with van der Waals surface area (Å²) in [5.74, 6) is 0.193. The molecule has 0 radical (unpaired) electrons. The standard InChI is InChI=1S/C26H27NO.ClH/c1-21(19-22-11-5-2-6-12-22)27-18-17-26(28)25(24-15-9-4-10-16-24)20-23-13-7-3-8-14-23;/h2-16,20-21,27H,17-19H2,1H3;1H/b25-20+;. The maximum atomic E-state index is 13.0. The molecule has 3 heteroatoms. The summed E-state index contributed by atoms with van der Waals surface area (Å²) < 4.78 is 0. The molecule has 3 aromatic rings. The number of halogens is 1. The van der Waals surface area contributed by atoms with Crippen molar-refractivity contribution in [3.63, 3.8) is 0 Å². The van der Waals surface area contributed by atoms with Gasteiger partial charge in [0.1, 0.15) is 0 Å². The van der Waals surface area contributed by atoms with Crippen LogP contribution in [0.2, 0.25) is 0 Å². The lowest BCUT2D eigenvalue weighted by atomic mass is 9.97. The van der Waals surface area contributed by atoms with Crippen LogP contribution in [0.5, 0.6) is 0 Å². The van der Waals surface area contributed by atoms with Crippen LogP contribution in [0.1, 0.15) is 30.0 Å². The van der Waals surface area contributed by atoms with E-state index in [0.29, 0.717) is 12.5 Å². The Hall–Kier alpha value is -2.68.